The molecule has 0 atom stereocenters. The highest BCUT2D eigenvalue weighted by molar-refractivity contribution is 6.47. The van der Waals surface area contributed by atoms with Gasteiger partial charge in [-0.3, -0.25) is 10.1 Å². The van der Waals surface area contributed by atoms with E-state index in [-0.39, 0.29) is 0 Å². The number of hydrogen-bond acceptors (Lipinski definition) is 6. The van der Waals surface area contributed by atoms with Crippen LogP contribution >= 0.6 is 0 Å². The van der Waals surface area contributed by atoms with Crippen molar-refractivity contribution in [2.24, 2.45) is 4.99 Å². The van der Waals surface area contributed by atoms with Crippen molar-refractivity contribution in [1.82, 2.24) is 5.32 Å². The van der Waals surface area contributed by atoms with Gasteiger partial charge in [-0.05, 0) is 41.5 Å². The lowest BCUT2D eigenvalue weighted by atomic mass is 10.2. The normalized spacial score (nSPS) is 15.5. The average Bonchev–Trinajstić information content (AvgIpc) is 2.52. The van der Waals surface area contributed by atoms with Crippen molar-refractivity contribution in [2.45, 2.75) is 52.7 Å². The maximum atomic E-state index is 11.8. The van der Waals surface area contributed by atoms with Crippen molar-refractivity contribution in [2.75, 3.05) is 0 Å². The third-order valence-corrected chi connectivity index (χ3v) is 2.11. The van der Waals surface area contributed by atoms with Gasteiger partial charge in [0.2, 0.25) is 0 Å². The van der Waals surface area contributed by atoms with E-state index in [4.69, 9.17) is 9.47 Å². The second-order valence-corrected chi connectivity index (χ2v) is 6.62. The van der Waals surface area contributed by atoms with Gasteiger partial charge in [-0.15, -0.1) is 0 Å². The van der Waals surface area contributed by atoms with Crippen LogP contribution in [0.1, 0.15) is 41.5 Å². The molecule has 22 heavy (non-hydrogen) atoms. The summed E-state index contributed by atoms with van der Waals surface area (Å²) in [6.07, 6.45) is -0.942. The van der Waals surface area contributed by atoms with Gasteiger partial charge in [0, 0.05) is 0 Å². The molecule has 1 aliphatic rings. The lowest BCUT2D eigenvalue weighted by Crippen LogP contribution is -2.34. The van der Waals surface area contributed by atoms with E-state index >= 15 is 0 Å². The molecule has 122 valence electrons. The lowest BCUT2D eigenvalue weighted by molar-refractivity contribution is -0.146. The number of carbonyl (C=O) groups excluding carboxylic acids is 3. The number of alkyl carbamates (subject to hydrolysis) is 1. The van der Waals surface area contributed by atoms with Crippen LogP contribution in [-0.2, 0) is 19.1 Å². The third-order valence-electron chi connectivity index (χ3n) is 2.11. The van der Waals surface area contributed by atoms with Gasteiger partial charge in [0.15, 0.2) is 17.2 Å². The van der Waals surface area contributed by atoms with Crippen LogP contribution in [0.15, 0.2) is 16.4 Å². The zero-order valence-corrected chi connectivity index (χ0v) is 13.4. The number of aliphatic imine (C=N–C) groups is 1. The Balaban J connectivity index is 2.89. The summed E-state index contributed by atoms with van der Waals surface area (Å²) in [7, 11) is 0. The minimum absolute atomic E-state index is 0.518. The first-order chi connectivity index (χ1) is 9.80. The second-order valence-electron chi connectivity index (χ2n) is 6.62. The van der Waals surface area contributed by atoms with Crippen LogP contribution in [0.4, 0.5) is 4.79 Å². The SMILES string of the molecule is CC(C)(C)OC(=O)NC1=C(O)C(C(=O)OC(C)(C)C)=NC1=O. The average molecular weight is 312 g/mol. The minimum Gasteiger partial charge on any atom is -0.504 e. The second kappa shape index (κ2) is 5.78. The van der Waals surface area contributed by atoms with Crippen molar-refractivity contribution >= 4 is 23.7 Å². The number of nitrogens with one attached hydrogen (secondary N) is 1. The zero-order valence-electron chi connectivity index (χ0n) is 13.4. The predicted molar refractivity (Wildman–Crippen MR) is 77.3 cm³/mol. The predicted octanol–water partition coefficient (Wildman–Crippen LogP) is 1.60. The molecule has 0 spiro atoms. The topological polar surface area (TPSA) is 114 Å². The Bertz CT molecular complexity index is 575. The molecule has 0 bridgehead atoms. The first-order valence-electron chi connectivity index (χ1n) is 6.60. The number of nitrogens with zero attached hydrogens (tertiary/aromatic N) is 1. The van der Waals surface area contributed by atoms with Crippen molar-refractivity contribution < 1.29 is 29.0 Å². The Morgan fingerprint density at radius 3 is 2.00 bits per heavy atom. The Labute approximate surface area is 128 Å². The molecular formula is C14H20N2O6. The largest absolute Gasteiger partial charge is 0.504 e. The molecule has 0 saturated carbocycles. The third kappa shape index (κ3) is 4.87. The van der Waals surface area contributed by atoms with E-state index in [1.54, 1.807) is 41.5 Å². The van der Waals surface area contributed by atoms with Gasteiger partial charge < -0.3 is 14.6 Å². The zero-order chi connectivity index (χ0) is 17.3. The molecule has 2 N–H and O–H groups in total. The molecule has 0 aliphatic carbocycles. The summed E-state index contributed by atoms with van der Waals surface area (Å²) in [5, 5.41) is 12.0. The molecule has 0 saturated heterocycles. The van der Waals surface area contributed by atoms with E-state index in [1.807, 2.05) is 0 Å². The van der Waals surface area contributed by atoms with Crippen LogP contribution in [0.3, 0.4) is 0 Å². The molecule has 0 aromatic rings. The van der Waals surface area contributed by atoms with E-state index in [0.29, 0.717) is 0 Å². The molecule has 8 nitrogen and oxygen atoms in total. The van der Waals surface area contributed by atoms with Crippen LogP contribution in [-0.4, -0.2) is 40.0 Å². The standard InChI is InChI=1S/C14H20N2O6/c1-13(2,3)21-11(19)8-9(17)7(10(18)15-8)16-12(20)22-14(4,5)6/h1-6H3,(H2,15,16,17,18,20). The first-order valence-corrected chi connectivity index (χ1v) is 6.60. The van der Waals surface area contributed by atoms with Crippen molar-refractivity contribution in [3.63, 3.8) is 0 Å². The maximum Gasteiger partial charge on any atom is 0.412 e. The van der Waals surface area contributed by atoms with E-state index in [2.05, 4.69) is 10.3 Å². The maximum absolute atomic E-state index is 11.8. The number of rotatable bonds is 2. The number of carbonyl (C=O) groups is 3. The molecule has 1 rings (SSSR count). The quantitative estimate of drug-likeness (QED) is 0.749. The molecule has 0 fully saturated rings. The number of aliphatic hydroxyl groups excluding tert-OH is 1. The van der Waals surface area contributed by atoms with Gasteiger partial charge >= 0.3 is 12.1 Å². The fourth-order valence-corrected chi connectivity index (χ4v) is 1.42. The monoisotopic (exact) mass is 312 g/mol. The number of ether oxygens (including phenoxy) is 2. The van der Waals surface area contributed by atoms with Gasteiger partial charge in [0.1, 0.15) is 11.2 Å². The number of esters is 1. The van der Waals surface area contributed by atoms with Crippen LogP contribution in [0.25, 0.3) is 0 Å². The molecular weight excluding hydrogens is 292 g/mol. The summed E-state index contributed by atoms with van der Waals surface area (Å²) < 4.78 is 9.97. The van der Waals surface area contributed by atoms with E-state index in [0.717, 1.165) is 0 Å². The fourth-order valence-electron chi connectivity index (χ4n) is 1.42. The number of amides is 2. The smallest absolute Gasteiger partial charge is 0.412 e. The van der Waals surface area contributed by atoms with Gasteiger partial charge in [-0.25, -0.2) is 9.59 Å². The van der Waals surface area contributed by atoms with Gasteiger partial charge in [0.25, 0.3) is 5.91 Å². The Hall–Kier alpha value is -2.38. The highest BCUT2D eigenvalue weighted by Gasteiger charge is 2.35. The Kier molecular flexibility index (Phi) is 4.64. The highest BCUT2D eigenvalue weighted by atomic mass is 16.6. The number of aliphatic hydroxyl groups is 1. The van der Waals surface area contributed by atoms with E-state index in [1.165, 1.54) is 0 Å². The minimum atomic E-state index is -0.959. The summed E-state index contributed by atoms with van der Waals surface area (Å²) in [5.41, 5.74) is -2.66. The van der Waals surface area contributed by atoms with Crippen molar-refractivity contribution in [1.29, 1.82) is 0 Å². The van der Waals surface area contributed by atoms with Crippen molar-refractivity contribution in [3.05, 3.63) is 11.5 Å². The van der Waals surface area contributed by atoms with Gasteiger partial charge in [-0.1, -0.05) is 0 Å². The molecule has 0 unspecified atom stereocenters. The summed E-state index contributed by atoms with van der Waals surface area (Å²) in [6.45, 7) is 9.80. The van der Waals surface area contributed by atoms with Crippen LogP contribution in [0.2, 0.25) is 0 Å². The molecule has 1 heterocycles. The number of hydrogen-bond donors (Lipinski definition) is 2. The van der Waals surface area contributed by atoms with Gasteiger partial charge in [-0.2, -0.15) is 4.99 Å². The molecule has 0 aromatic heterocycles. The summed E-state index contributed by atoms with van der Waals surface area (Å²) >= 11 is 0. The summed E-state index contributed by atoms with van der Waals surface area (Å²) in [6, 6.07) is 0. The molecule has 0 radical (unpaired) electrons. The van der Waals surface area contributed by atoms with E-state index < -0.39 is 46.3 Å². The first kappa shape index (κ1) is 17.7. The Morgan fingerprint density at radius 2 is 1.55 bits per heavy atom. The molecule has 8 heteroatoms. The van der Waals surface area contributed by atoms with Crippen molar-refractivity contribution in [3.8, 4) is 0 Å². The van der Waals surface area contributed by atoms with Gasteiger partial charge in [0.05, 0.1) is 0 Å². The highest BCUT2D eigenvalue weighted by Crippen LogP contribution is 2.17. The summed E-state index contributed by atoms with van der Waals surface area (Å²) in [4.78, 5) is 38.5. The molecule has 1 aliphatic heterocycles. The van der Waals surface area contributed by atoms with Crippen LogP contribution < -0.4 is 5.32 Å². The molecule has 2 amide bonds. The Morgan fingerprint density at radius 1 is 1.05 bits per heavy atom. The fraction of sp³-hybridized carbons (Fsp3) is 0.571. The summed E-state index contributed by atoms with van der Waals surface area (Å²) in [5.74, 6) is -2.66. The van der Waals surface area contributed by atoms with Crippen LogP contribution in [0, 0.1) is 0 Å². The lowest BCUT2D eigenvalue weighted by Gasteiger charge is -2.20. The van der Waals surface area contributed by atoms with Crippen LogP contribution in [0.5, 0.6) is 0 Å². The molecule has 0 aromatic carbocycles. The van der Waals surface area contributed by atoms with E-state index in [9.17, 15) is 19.5 Å².